The van der Waals surface area contributed by atoms with Crippen molar-refractivity contribution >= 4 is 0 Å². The summed E-state index contributed by atoms with van der Waals surface area (Å²) >= 11 is 0. The molecule has 1 aliphatic heterocycles. The molecule has 82 valence electrons. The summed E-state index contributed by atoms with van der Waals surface area (Å²) in [5, 5.41) is 0. The van der Waals surface area contributed by atoms with Crippen LogP contribution in [-0.2, 0) is 0 Å². The molecule has 0 atom stereocenters. The Bertz CT molecular complexity index is 310. The van der Waals surface area contributed by atoms with Crippen molar-refractivity contribution in [1.29, 1.82) is 0 Å². The zero-order valence-corrected chi connectivity index (χ0v) is 9.12. The predicted molar refractivity (Wildman–Crippen MR) is 60.1 cm³/mol. The fourth-order valence-electron chi connectivity index (χ4n) is 1.93. The van der Waals surface area contributed by atoms with Crippen LogP contribution in [0.1, 0.15) is 6.42 Å². The van der Waals surface area contributed by atoms with E-state index in [-0.39, 0.29) is 5.83 Å². The van der Waals surface area contributed by atoms with Crippen LogP contribution in [0.25, 0.3) is 0 Å². The Labute approximate surface area is 90.4 Å². The Morgan fingerprint density at radius 1 is 1.07 bits per heavy atom. The molecule has 1 aliphatic carbocycles. The summed E-state index contributed by atoms with van der Waals surface area (Å²) in [4.78, 5) is 4.58. The molecule has 2 nitrogen and oxygen atoms in total. The minimum absolute atomic E-state index is 0.0473. The third-order valence-electron chi connectivity index (χ3n) is 2.94. The molecule has 0 N–H and O–H groups in total. The smallest absolute Gasteiger partial charge is 0.106 e. The van der Waals surface area contributed by atoms with Gasteiger partial charge in [-0.25, -0.2) is 4.39 Å². The van der Waals surface area contributed by atoms with Crippen LogP contribution in [0.5, 0.6) is 0 Å². The first-order valence-corrected chi connectivity index (χ1v) is 5.41. The van der Waals surface area contributed by atoms with Crippen molar-refractivity contribution in [2.75, 3.05) is 33.2 Å². The Hall–Kier alpha value is -1.09. The number of hydrogen-bond donors (Lipinski definition) is 0. The molecular formula is C12H17FN2. The van der Waals surface area contributed by atoms with E-state index in [4.69, 9.17) is 0 Å². The highest BCUT2D eigenvalue weighted by molar-refractivity contribution is 5.25. The normalized spacial score (nSPS) is 23.5. The van der Waals surface area contributed by atoms with Gasteiger partial charge in [0.2, 0.25) is 0 Å². The van der Waals surface area contributed by atoms with E-state index in [1.165, 1.54) is 0 Å². The second-order valence-electron chi connectivity index (χ2n) is 4.12. The van der Waals surface area contributed by atoms with Crippen LogP contribution in [-0.4, -0.2) is 43.0 Å². The molecule has 0 radical (unpaired) electrons. The highest BCUT2D eigenvalue weighted by atomic mass is 19.1. The average molecular weight is 208 g/mol. The van der Waals surface area contributed by atoms with E-state index in [9.17, 15) is 4.39 Å². The molecule has 1 saturated heterocycles. The van der Waals surface area contributed by atoms with Crippen molar-refractivity contribution < 1.29 is 4.39 Å². The summed E-state index contributed by atoms with van der Waals surface area (Å²) in [6.07, 6.45) is 7.68. The van der Waals surface area contributed by atoms with Crippen LogP contribution in [0.4, 0.5) is 4.39 Å². The van der Waals surface area contributed by atoms with Gasteiger partial charge in [0.1, 0.15) is 5.83 Å². The van der Waals surface area contributed by atoms with Crippen LogP contribution in [0.15, 0.2) is 35.8 Å². The number of hydrogen-bond acceptors (Lipinski definition) is 2. The maximum Gasteiger partial charge on any atom is 0.106 e. The lowest BCUT2D eigenvalue weighted by Crippen LogP contribution is -2.43. The molecule has 0 aromatic carbocycles. The van der Waals surface area contributed by atoms with Gasteiger partial charge in [0.05, 0.1) is 0 Å². The van der Waals surface area contributed by atoms with Crippen molar-refractivity contribution in [3.63, 3.8) is 0 Å². The van der Waals surface area contributed by atoms with E-state index in [0.29, 0.717) is 6.42 Å². The molecule has 1 fully saturated rings. The van der Waals surface area contributed by atoms with E-state index < -0.39 is 0 Å². The van der Waals surface area contributed by atoms with Crippen LogP contribution in [0, 0.1) is 0 Å². The van der Waals surface area contributed by atoms with Crippen molar-refractivity contribution in [3.05, 3.63) is 35.8 Å². The van der Waals surface area contributed by atoms with Gasteiger partial charge in [0, 0.05) is 38.3 Å². The van der Waals surface area contributed by atoms with Crippen LogP contribution in [0.2, 0.25) is 0 Å². The van der Waals surface area contributed by atoms with Crippen LogP contribution < -0.4 is 0 Å². The summed E-state index contributed by atoms with van der Waals surface area (Å²) < 4.78 is 13.3. The monoisotopic (exact) mass is 208 g/mol. The Kier molecular flexibility index (Phi) is 3.21. The first kappa shape index (κ1) is 10.4. The lowest BCUT2D eigenvalue weighted by atomic mass is 10.2. The molecular weight excluding hydrogens is 191 g/mol. The average Bonchev–Trinajstić information content (AvgIpc) is 2.44. The highest BCUT2D eigenvalue weighted by Gasteiger charge is 2.17. The molecule has 0 saturated carbocycles. The Morgan fingerprint density at radius 3 is 2.47 bits per heavy atom. The van der Waals surface area contributed by atoms with E-state index in [1.807, 2.05) is 12.2 Å². The Balaban J connectivity index is 2.02. The van der Waals surface area contributed by atoms with Gasteiger partial charge < -0.3 is 9.80 Å². The van der Waals surface area contributed by atoms with Crippen molar-refractivity contribution in [3.8, 4) is 0 Å². The quantitative estimate of drug-likeness (QED) is 0.649. The summed E-state index contributed by atoms with van der Waals surface area (Å²) in [5.74, 6) is -0.0473. The topological polar surface area (TPSA) is 6.48 Å². The minimum Gasteiger partial charge on any atom is -0.372 e. The van der Waals surface area contributed by atoms with Crippen molar-refractivity contribution in [1.82, 2.24) is 9.80 Å². The Morgan fingerprint density at radius 2 is 1.73 bits per heavy atom. The number of rotatable bonds is 1. The standard InChI is InChI=1S/C12H17FN2/c1-14-6-8-15(9-7-14)12-5-3-2-4-11(13)10-12/h2-5H,6-10H2,1H3. The largest absolute Gasteiger partial charge is 0.372 e. The minimum atomic E-state index is -0.0473. The molecule has 0 aromatic rings. The second-order valence-corrected chi connectivity index (χ2v) is 4.12. The van der Waals surface area contributed by atoms with Crippen LogP contribution >= 0.6 is 0 Å². The summed E-state index contributed by atoms with van der Waals surface area (Å²) in [5.41, 5.74) is 1.10. The van der Waals surface area contributed by atoms with Gasteiger partial charge in [0.25, 0.3) is 0 Å². The molecule has 0 amide bonds. The lowest BCUT2D eigenvalue weighted by molar-refractivity contribution is 0.183. The first-order valence-electron chi connectivity index (χ1n) is 5.41. The highest BCUT2D eigenvalue weighted by Crippen LogP contribution is 2.20. The molecule has 0 unspecified atom stereocenters. The first-order chi connectivity index (χ1) is 7.25. The van der Waals surface area contributed by atoms with E-state index in [0.717, 1.165) is 31.9 Å². The molecule has 15 heavy (non-hydrogen) atoms. The van der Waals surface area contributed by atoms with Gasteiger partial charge >= 0.3 is 0 Å². The van der Waals surface area contributed by atoms with Gasteiger partial charge in [-0.05, 0) is 19.2 Å². The third kappa shape index (κ3) is 2.69. The number of piperazine rings is 1. The predicted octanol–water partition coefficient (Wildman–Crippen LogP) is 1.93. The zero-order valence-electron chi connectivity index (χ0n) is 9.12. The maximum absolute atomic E-state index is 13.3. The van der Waals surface area contributed by atoms with Crippen LogP contribution in [0.3, 0.4) is 0 Å². The number of allylic oxidation sites excluding steroid dienone is 5. The zero-order chi connectivity index (χ0) is 10.7. The molecule has 2 aliphatic rings. The van der Waals surface area contributed by atoms with Crippen molar-refractivity contribution in [2.24, 2.45) is 0 Å². The van der Waals surface area contributed by atoms with E-state index in [1.54, 1.807) is 12.2 Å². The molecule has 0 spiro atoms. The van der Waals surface area contributed by atoms with Gasteiger partial charge in [-0.3, -0.25) is 0 Å². The number of likely N-dealkylation sites (N-methyl/N-ethyl adjacent to an activating group) is 1. The van der Waals surface area contributed by atoms with E-state index >= 15 is 0 Å². The number of nitrogens with zero attached hydrogens (tertiary/aromatic N) is 2. The van der Waals surface area contributed by atoms with Gasteiger partial charge in [-0.1, -0.05) is 12.2 Å². The maximum atomic E-state index is 13.3. The molecule has 2 rings (SSSR count). The molecule has 1 heterocycles. The fourth-order valence-corrected chi connectivity index (χ4v) is 1.93. The molecule has 3 heteroatoms. The molecule has 0 bridgehead atoms. The fraction of sp³-hybridized carbons (Fsp3) is 0.500. The summed E-state index contributed by atoms with van der Waals surface area (Å²) in [7, 11) is 2.12. The van der Waals surface area contributed by atoms with Gasteiger partial charge in [0.15, 0.2) is 0 Å². The van der Waals surface area contributed by atoms with Gasteiger partial charge in [-0.2, -0.15) is 0 Å². The van der Waals surface area contributed by atoms with Gasteiger partial charge in [-0.15, -0.1) is 0 Å². The number of halogens is 1. The van der Waals surface area contributed by atoms with Crippen molar-refractivity contribution in [2.45, 2.75) is 6.42 Å². The lowest BCUT2D eigenvalue weighted by Gasteiger charge is -2.35. The summed E-state index contributed by atoms with van der Waals surface area (Å²) in [6.45, 7) is 4.13. The van der Waals surface area contributed by atoms with E-state index in [2.05, 4.69) is 16.8 Å². The summed E-state index contributed by atoms with van der Waals surface area (Å²) in [6, 6.07) is 0. The second kappa shape index (κ2) is 4.62. The SMILES string of the molecule is CN1CCN(C2=CC=CC=C(F)C2)CC1. The third-order valence-corrected chi connectivity index (χ3v) is 2.94. The molecule has 0 aromatic heterocycles.